The molecule has 1 aromatic heterocycles. The first-order valence-corrected chi connectivity index (χ1v) is 9.32. The largest absolute Gasteiger partial charge is 0.347 e. The third-order valence-electron chi connectivity index (χ3n) is 5.47. The van der Waals surface area contributed by atoms with Crippen molar-refractivity contribution in [1.82, 2.24) is 19.3 Å². The molecule has 0 saturated carbocycles. The van der Waals surface area contributed by atoms with Crippen molar-refractivity contribution in [2.75, 3.05) is 33.7 Å². The minimum absolute atomic E-state index is 0.0432. The molecule has 3 fully saturated rings. The molecule has 146 valence electrons. The molecule has 2 atom stereocenters. The summed E-state index contributed by atoms with van der Waals surface area (Å²) in [5, 5.41) is 0. The second-order valence-electron chi connectivity index (χ2n) is 7.43. The summed E-state index contributed by atoms with van der Waals surface area (Å²) in [5.41, 5.74) is 0.129. The molecule has 4 heterocycles. The highest BCUT2D eigenvalue weighted by atomic mass is 16.2. The minimum Gasteiger partial charge on any atom is -0.347 e. The Morgan fingerprint density at radius 1 is 1.19 bits per heavy atom. The SMILES string of the molecule is CCn1ccc(C(=O)N2C[C@@H]3CC[C@H](C2)N(CC(=O)N(C)C)C3=O)cc1=O. The predicted octanol–water partition coefficient (Wildman–Crippen LogP) is 0.0194. The number of pyridine rings is 1. The Kier molecular flexibility index (Phi) is 5.34. The van der Waals surface area contributed by atoms with Crippen molar-refractivity contribution in [2.24, 2.45) is 5.92 Å². The van der Waals surface area contributed by atoms with Gasteiger partial charge >= 0.3 is 0 Å². The van der Waals surface area contributed by atoms with Crippen molar-refractivity contribution in [2.45, 2.75) is 32.4 Å². The molecule has 3 amide bonds. The average molecular weight is 374 g/mol. The molecular weight excluding hydrogens is 348 g/mol. The van der Waals surface area contributed by atoms with Gasteiger partial charge in [0.25, 0.3) is 11.5 Å². The quantitative estimate of drug-likeness (QED) is 0.744. The molecule has 0 aliphatic carbocycles. The number of likely N-dealkylation sites (N-methyl/N-ethyl adjacent to an activating group) is 1. The Labute approximate surface area is 158 Å². The number of carbonyl (C=O) groups is 3. The van der Waals surface area contributed by atoms with Gasteiger partial charge in [-0.1, -0.05) is 0 Å². The fourth-order valence-electron chi connectivity index (χ4n) is 3.79. The Morgan fingerprint density at radius 3 is 2.56 bits per heavy atom. The first-order valence-electron chi connectivity index (χ1n) is 9.32. The number of rotatable bonds is 4. The molecule has 1 aromatic rings. The van der Waals surface area contributed by atoms with Crippen LogP contribution in [0.2, 0.25) is 0 Å². The number of aryl methyl sites for hydroxylation is 1. The molecule has 8 heteroatoms. The highest BCUT2D eigenvalue weighted by Gasteiger charge is 2.42. The molecule has 4 rings (SSSR count). The van der Waals surface area contributed by atoms with Crippen molar-refractivity contribution >= 4 is 17.7 Å². The van der Waals surface area contributed by atoms with E-state index in [2.05, 4.69) is 0 Å². The van der Waals surface area contributed by atoms with Crippen LogP contribution in [0.4, 0.5) is 0 Å². The average Bonchev–Trinajstić information content (AvgIpc) is 2.93. The molecule has 0 spiro atoms. The maximum absolute atomic E-state index is 12.9. The number of fused-ring (bicyclic) bond motifs is 4. The Bertz CT molecular complexity index is 816. The molecule has 3 saturated heterocycles. The summed E-state index contributed by atoms with van der Waals surface area (Å²) in [5.74, 6) is -0.713. The Balaban J connectivity index is 1.80. The van der Waals surface area contributed by atoms with Gasteiger partial charge in [0.15, 0.2) is 0 Å². The van der Waals surface area contributed by atoms with Gasteiger partial charge in [-0.2, -0.15) is 0 Å². The van der Waals surface area contributed by atoms with E-state index >= 15 is 0 Å². The fourth-order valence-corrected chi connectivity index (χ4v) is 3.79. The lowest BCUT2D eigenvalue weighted by atomic mass is 9.94. The lowest BCUT2D eigenvalue weighted by molar-refractivity contribution is -0.145. The number of carbonyl (C=O) groups excluding carboxylic acids is 3. The molecule has 3 aliphatic rings. The van der Waals surface area contributed by atoms with Gasteiger partial charge in [0.05, 0.1) is 5.92 Å². The number of hydrogen-bond acceptors (Lipinski definition) is 4. The molecule has 27 heavy (non-hydrogen) atoms. The number of amides is 3. The summed E-state index contributed by atoms with van der Waals surface area (Å²) in [6.45, 7) is 3.17. The standard InChI is InChI=1S/C19H26N4O4/c1-4-21-8-7-13(9-16(21)24)18(26)22-10-14-5-6-15(11-22)23(19(14)27)12-17(25)20(2)3/h7-9,14-15H,4-6,10-12H2,1-3H3/t14-,15+/m0/s1. The zero-order valence-corrected chi connectivity index (χ0v) is 16.1. The normalized spacial score (nSPS) is 22.0. The third kappa shape index (κ3) is 3.74. The van der Waals surface area contributed by atoms with Crippen LogP contribution in [0.25, 0.3) is 0 Å². The van der Waals surface area contributed by atoms with E-state index in [9.17, 15) is 19.2 Å². The lowest BCUT2D eigenvalue weighted by Crippen LogP contribution is -2.51. The summed E-state index contributed by atoms with van der Waals surface area (Å²) in [6.07, 6.45) is 3.12. The molecule has 8 nitrogen and oxygen atoms in total. The smallest absolute Gasteiger partial charge is 0.254 e. The van der Waals surface area contributed by atoms with Crippen LogP contribution in [0.15, 0.2) is 23.1 Å². The van der Waals surface area contributed by atoms with Gasteiger partial charge in [-0.15, -0.1) is 0 Å². The number of nitrogens with zero attached hydrogens (tertiary/aromatic N) is 4. The zero-order chi connectivity index (χ0) is 19.7. The van der Waals surface area contributed by atoms with Crippen LogP contribution in [0, 0.1) is 5.92 Å². The summed E-state index contributed by atoms with van der Waals surface area (Å²) in [4.78, 5) is 54.6. The molecule has 2 bridgehead atoms. The van der Waals surface area contributed by atoms with Gasteiger partial charge in [-0.3, -0.25) is 19.2 Å². The van der Waals surface area contributed by atoms with Crippen molar-refractivity contribution in [1.29, 1.82) is 0 Å². The van der Waals surface area contributed by atoms with E-state index < -0.39 is 0 Å². The van der Waals surface area contributed by atoms with E-state index in [0.29, 0.717) is 25.2 Å². The van der Waals surface area contributed by atoms with Crippen LogP contribution >= 0.6 is 0 Å². The van der Waals surface area contributed by atoms with E-state index in [1.807, 2.05) is 6.92 Å². The van der Waals surface area contributed by atoms with Crippen LogP contribution in [0.1, 0.15) is 30.1 Å². The van der Waals surface area contributed by atoms with E-state index in [1.165, 1.54) is 15.5 Å². The highest BCUT2D eigenvalue weighted by Crippen LogP contribution is 2.29. The van der Waals surface area contributed by atoms with Crippen molar-refractivity contribution in [3.8, 4) is 0 Å². The summed E-state index contributed by atoms with van der Waals surface area (Å²) >= 11 is 0. The van der Waals surface area contributed by atoms with Crippen molar-refractivity contribution < 1.29 is 14.4 Å². The maximum Gasteiger partial charge on any atom is 0.254 e. The molecule has 0 N–H and O–H groups in total. The molecular formula is C19H26N4O4. The van der Waals surface area contributed by atoms with Gasteiger partial charge in [0.1, 0.15) is 6.54 Å². The highest BCUT2D eigenvalue weighted by molar-refractivity contribution is 5.95. The second kappa shape index (κ2) is 7.54. The fraction of sp³-hybridized carbons (Fsp3) is 0.579. The maximum atomic E-state index is 12.9. The molecule has 0 unspecified atom stereocenters. The van der Waals surface area contributed by atoms with E-state index in [-0.39, 0.29) is 41.8 Å². The number of aromatic nitrogens is 1. The molecule has 0 radical (unpaired) electrons. The summed E-state index contributed by atoms with van der Waals surface area (Å²) in [7, 11) is 3.33. The number of hydrogen-bond donors (Lipinski definition) is 0. The van der Waals surface area contributed by atoms with Crippen LogP contribution in [-0.2, 0) is 16.1 Å². The summed E-state index contributed by atoms with van der Waals surface area (Å²) in [6, 6.07) is 2.84. The van der Waals surface area contributed by atoms with Gasteiger partial charge in [-0.25, -0.2) is 0 Å². The molecule has 3 aliphatic heterocycles. The van der Waals surface area contributed by atoms with Crippen molar-refractivity contribution in [3.63, 3.8) is 0 Å². The van der Waals surface area contributed by atoms with Gasteiger partial charge < -0.3 is 19.3 Å². The van der Waals surface area contributed by atoms with Gasteiger partial charge in [0, 0.05) is 57.6 Å². The van der Waals surface area contributed by atoms with E-state index in [4.69, 9.17) is 0 Å². The van der Waals surface area contributed by atoms with Crippen LogP contribution in [0.3, 0.4) is 0 Å². The Morgan fingerprint density at radius 2 is 1.93 bits per heavy atom. The van der Waals surface area contributed by atoms with Gasteiger partial charge in [-0.05, 0) is 25.8 Å². The lowest BCUT2D eigenvalue weighted by Gasteiger charge is -2.35. The Hall–Kier alpha value is -2.64. The topological polar surface area (TPSA) is 82.9 Å². The van der Waals surface area contributed by atoms with Crippen LogP contribution in [0.5, 0.6) is 0 Å². The predicted molar refractivity (Wildman–Crippen MR) is 99.2 cm³/mol. The first kappa shape index (κ1) is 19.1. The van der Waals surface area contributed by atoms with Crippen LogP contribution in [-0.4, -0.2) is 76.8 Å². The van der Waals surface area contributed by atoms with Gasteiger partial charge in [0.2, 0.25) is 11.8 Å². The van der Waals surface area contributed by atoms with Crippen molar-refractivity contribution in [3.05, 3.63) is 34.2 Å². The van der Waals surface area contributed by atoms with E-state index in [1.54, 1.807) is 36.2 Å². The van der Waals surface area contributed by atoms with E-state index in [0.717, 1.165) is 12.8 Å². The molecule has 0 aromatic carbocycles. The first-order chi connectivity index (χ1) is 12.8. The number of piperidine rings is 1. The minimum atomic E-state index is -0.293. The van der Waals surface area contributed by atoms with Crippen LogP contribution < -0.4 is 5.56 Å². The summed E-state index contributed by atoms with van der Waals surface area (Å²) < 4.78 is 1.53. The zero-order valence-electron chi connectivity index (χ0n) is 16.1. The monoisotopic (exact) mass is 374 g/mol. The third-order valence-corrected chi connectivity index (χ3v) is 5.47. The second-order valence-corrected chi connectivity index (χ2v) is 7.43.